The van der Waals surface area contributed by atoms with Gasteiger partial charge >= 0.3 is 12.2 Å². The van der Waals surface area contributed by atoms with Crippen molar-refractivity contribution in [2.45, 2.75) is 70.2 Å². The van der Waals surface area contributed by atoms with Crippen molar-refractivity contribution in [3.63, 3.8) is 0 Å². The predicted octanol–water partition coefficient (Wildman–Crippen LogP) is 4.23. The van der Waals surface area contributed by atoms with Gasteiger partial charge in [0.25, 0.3) is 12.3 Å². The summed E-state index contributed by atoms with van der Waals surface area (Å²) in [4.78, 5) is 13.1. The molecule has 1 saturated carbocycles. The molecule has 0 saturated heterocycles. The lowest BCUT2D eigenvalue weighted by molar-refractivity contribution is -0.148. The number of rotatable bonds is 6. The van der Waals surface area contributed by atoms with Crippen LogP contribution in [0.2, 0.25) is 0 Å². The summed E-state index contributed by atoms with van der Waals surface area (Å²) in [5.41, 5.74) is -0.540. The van der Waals surface area contributed by atoms with Crippen molar-refractivity contribution in [3.05, 3.63) is 17.3 Å². The maximum Gasteiger partial charge on any atom is 0.405 e. The Bertz CT molecular complexity index is 1230. The highest BCUT2D eigenvalue weighted by molar-refractivity contribution is 5.84. The van der Waals surface area contributed by atoms with Gasteiger partial charge in [-0.25, -0.2) is 23.7 Å². The largest absolute Gasteiger partial charge is 0.405 e. The summed E-state index contributed by atoms with van der Waals surface area (Å²) in [5.74, 6) is -0.119. The predicted molar refractivity (Wildman–Crippen MR) is 116 cm³/mol. The molecular weight excluding hydrogens is 477 g/mol. The second-order valence-electron chi connectivity index (χ2n) is 9.70. The molecule has 190 valence electrons. The Kier molecular flexibility index (Phi) is 6.06. The first-order valence-electron chi connectivity index (χ1n) is 10.8. The molecule has 1 aliphatic carbocycles. The number of aliphatic hydroxyl groups is 1. The van der Waals surface area contributed by atoms with Gasteiger partial charge in [-0.05, 0) is 18.6 Å². The number of hydrogen-bond acceptors (Lipinski definition) is 9. The average molecular weight is 501 g/mol. The summed E-state index contributed by atoms with van der Waals surface area (Å²) in [6.45, 7) is 5.98. The maximum absolute atomic E-state index is 12.8. The highest BCUT2D eigenvalue weighted by Crippen LogP contribution is 2.39. The summed E-state index contributed by atoms with van der Waals surface area (Å²) in [6, 6.07) is 1.14. The number of fused-ring (bicyclic) bond motifs is 1. The minimum Gasteiger partial charge on any atom is -0.402 e. The molecule has 4 rings (SSSR count). The van der Waals surface area contributed by atoms with Crippen LogP contribution in [0.3, 0.4) is 0 Å². The molecule has 14 heteroatoms. The van der Waals surface area contributed by atoms with Crippen LogP contribution in [-0.4, -0.2) is 61.0 Å². The number of nitrogens with one attached hydrogen (secondary N) is 2. The van der Waals surface area contributed by atoms with E-state index < -0.39 is 36.2 Å². The monoisotopic (exact) mass is 501 g/mol. The van der Waals surface area contributed by atoms with Gasteiger partial charge in [-0.2, -0.15) is 13.2 Å². The number of anilines is 2. The first-order chi connectivity index (χ1) is 16.1. The van der Waals surface area contributed by atoms with Crippen molar-refractivity contribution < 1.29 is 31.5 Å². The standard InChI is InChI=1S/C21H24F5N7O2/c1-9-5-11(15-32-33-18(35-15)28-10-6-20(34,7-10)16(22)23)29-13-12(9)30-17(27-8-21(24,25)26)31-14(13)19(2,3)4/h5,10,16,34H,6-8H2,1-4H3,(H,28,33)(H,27,30,31). The quantitative estimate of drug-likeness (QED) is 0.426. The molecule has 0 amide bonds. The second kappa shape index (κ2) is 8.50. The van der Waals surface area contributed by atoms with Gasteiger partial charge in [0.05, 0.1) is 11.2 Å². The lowest BCUT2D eigenvalue weighted by atomic mass is 9.76. The molecule has 0 bridgehead atoms. The van der Waals surface area contributed by atoms with Crippen molar-refractivity contribution in [1.29, 1.82) is 0 Å². The topological polar surface area (TPSA) is 122 Å². The number of aromatic nitrogens is 5. The van der Waals surface area contributed by atoms with E-state index in [4.69, 9.17) is 4.42 Å². The van der Waals surface area contributed by atoms with Gasteiger partial charge in [-0.3, -0.25) is 0 Å². The Morgan fingerprint density at radius 1 is 1.11 bits per heavy atom. The van der Waals surface area contributed by atoms with Gasteiger partial charge in [-0.1, -0.05) is 25.9 Å². The number of nitrogens with zero attached hydrogens (tertiary/aromatic N) is 5. The Labute approximate surface area is 196 Å². The Morgan fingerprint density at radius 2 is 1.80 bits per heavy atom. The minimum atomic E-state index is -4.43. The van der Waals surface area contributed by atoms with Gasteiger partial charge in [0, 0.05) is 24.3 Å². The average Bonchev–Trinajstić information content (AvgIpc) is 3.18. The van der Waals surface area contributed by atoms with E-state index in [2.05, 4.69) is 35.8 Å². The summed E-state index contributed by atoms with van der Waals surface area (Å²) in [7, 11) is 0. The molecule has 0 aliphatic heterocycles. The molecule has 0 spiro atoms. The van der Waals surface area contributed by atoms with Crippen LogP contribution >= 0.6 is 0 Å². The normalized spacial score (nSPS) is 20.8. The molecule has 9 nitrogen and oxygen atoms in total. The van der Waals surface area contributed by atoms with Gasteiger partial charge in [0.2, 0.25) is 5.95 Å². The van der Waals surface area contributed by atoms with Crippen LogP contribution in [0.4, 0.5) is 33.9 Å². The molecule has 3 heterocycles. The molecule has 3 N–H and O–H groups in total. The molecule has 0 unspecified atom stereocenters. The van der Waals surface area contributed by atoms with Crippen LogP contribution in [0.15, 0.2) is 10.5 Å². The summed E-state index contributed by atoms with van der Waals surface area (Å²) in [5, 5.41) is 22.5. The molecule has 1 aliphatic rings. The van der Waals surface area contributed by atoms with Crippen LogP contribution in [0.5, 0.6) is 0 Å². The van der Waals surface area contributed by atoms with Crippen molar-refractivity contribution in [1.82, 2.24) is 25.1 Å². The van der Waals surface area contributed by atoms with Gasteiger partial charge in [0.15, 0.2) is 0 Å². The molecular formula is C21H24F5N7O2. The van der Waals surface area contributed by atoms with Crippen LogP contribution in [0, 0.1) is 6.92 Å². The van der Waals surface area contributed by atoms with Crippen molar-refractivity contribution in [2.75, 3.05) is 17.2 Å². The number of aryl methyl sites for hydroxylation is 1. The molecule has 3 aromatic rings. The SMILES string of the molecule is Cc1cc(-c2nnc(NC3CC(O)(C(F)F)C3)o2)nc2c(C(C)(C)C)nc(NCC(F)(F)F)nc12. The molecule has 35 heavy (non-hydrogen) atoms. The molecule has 0 aromatic carbocycles. The zero-order chi connectivity index (χ0) is 25.8. The summed E-state index contributed by atoms with van der Waals surface area (Å²) >= 11 is 0. The lowest BCUT2D eigenvalue weighted by Crippen LogP contribution is -2.55. The number of hydrogen-bond donors (Lipinski definition) is 3. The third-order valence-corrected chi connectivity index (χ3v) is 5.58. The smallest absolute Gasteiger partial charge is 0.402 e. The highest BCUT2D eigenvalue weighted by atomic mass is 19.4. The maximum atomic E-state index is 12.8. The lowest BCUT2D eigenvalue weighted by Gasteiger charge is -2.42. The second-order valence-corrected chi connectivity index (χ2v) is 9.70. The Morgan fingerprint density at radius 3 is 2.40 bits per heavy atom. The van der Waals surface area contributed by atoms with Gasteiger partial charge < -0.3 is 20.2 Å². The van der Waals surface area contributed by atoms with Crippen molar-refractivity contribution in [3.8, 4) is 11.6 Å². The van der Waals surface area contributed by atoms with E-state index >= 15 is 0 Å². The van der Waals surface area contributed by atoms with Crippen LogP contribution in [-0.2, 0) is 5.41 Å². The zero-order valence-electron chi connectivity index (χ0n) is 19.3. The minimum absolute atomic E-state index is 0.0140. The highest BCUT2D eigenvalue weighted by Gasteiger charge is 2.50. The van der Waals surface area contributed by atoms with Gasteiger partial charge in [0.1, 0.15) is 23.4 Å². The van der Waals surface area contributed by atoms with Crippen LogP contribution in [0.25, 0.3) is 22.6 Å². The van der Waals surface area contributed by atoms with Crippen LogP contribution < -0.4 is 10.6 Å². The van der Waals surface area contributed by atoms with E-state index in [1.165, 1.54) is 0 Å². The Hall–Kier alpha value is -3.16. The van der Waals surface area contributed by atoms with Crippen LogP contribution in [0.1, 0.15) is 44.9 Å². The summed E-state index contributed by atoms with van der Waals surface area (Å²) < 4.78 is 69.3. The molecule has 0 radical (unpaired) electrons. The van der Waals surface area contributed by atoms with E-state index in [0.717, 1.165) is 0 Å². The first kappa shape index (κ1) is 24.9. The first-order valence-corrected chi connectivity index (χ1v) is 10.8. The number of pyridine rings is 1. The zero-order valence-corrected chi connectivity index (χ0v) is 19.3. The van der Waals surface area contributed by atoms with Crippen molar-refractivity contribution in [2.24, 2.45) is 0 Å². The van der Waals surface area contributed by atoms with E-state index in [1.54, 1.807) is 13.0 Å². The third-order valence-electron chi connectivity index (χ3n) is 5.58. The number of halogens is 5. The van der Waals surface area contributed by atoms with E-state index in [9.17, 15) is 27.1 Å². The van der Waals surface area contributed by atoms with E-state index in [-0.39, 0.29) is 30.7 Å². The Balaban J connectivity index is 1.64. The summed E-state index contributed by atoms with van der Waals surface area (Å²) in [6.07, 6.45) is -7.59. The number of alkyl halides is 5. The fourth-order valence-corrected chi connectivity index (χ4v) is 3.79. The molecule has 3 aromatic heterocycles. The van der Waals surface area contributed by atoms with E-state index in [0.29, 0.717) is 28.0 Å². The fourth-order valence-electron chi connectivity index (χ4n) is 3.79. The van der Waals surface area contributed by atoms with Crippen molar-refractivity contribution >= 4 is 23.0 Å². The molecule has 1 fully saturated rings. The van der Waals surface area contributed by atoms with E-state index in [1.807, 2.05) is 20.8 Å². The fraction of sp³-hybridized carbons (Fsp3) is 0.571. The molecule has 0 atom stereocenters. The third kappa shape index (κ3) is 5.26. The van der Waals surface area contributed by atoms with Gasteiger partial charge in [-0.15, -0.1) is 5.10 Å².